The molecule has 0 fully saturated rings. The SMILES string of the molecule is COc1cnc(Nc2cccc(Cl)c2C)n(Cc2ccc(F)c(Cl)c2)c1=O. The predicted molar refractivity (Wildman–Crippen MR) is 105 cm³/mol. The fourth-order valence-electron chi connectivity index (χ4n) is 2.54. The van der Waals surface area contributed by atoms with Crippen molar-refractivity contribution in [3.05, 3.63) is 79.9 Å². The Balaban J connectivity index is 2.06. The standard InChI is InChI=1S/C19H16Cl2FN3O2/c1-11-13(20)4-3-5-16(11)24-19-23-9-17(27-2)18(26)25(19)10-12-6-7-15(22)14(21)8-12/h3-9H,10H2,1-2H3,(H,23,24). The Kier molecular flexibility index (Phi) is 5.68. The Hall–Kier alpha value is -2.57. The molecule has 0 radical (unpaired) electrons. The Morgan fingerprint density at radius 3 is 2.70 bits per heavy atom. The van der Waals surface area contributed by atoms with Crippen LogP contribution < -0.4 is 15.6 Å². The van der Waals surface area contributed by atoms with Gasteiger partial charge in [0, 0.05) is 10.7 Å². The van der Waals surface area contributed by atoms with Gasteiger partial charge in [0.15, 0.2) is 0 Å². The molecule has 0 amide bonds. The largest absolute Gasteiger partial charge is 0.490 e. The maximum atomic E-state index is 13.4. The van der Waals surface area contributed by atoms with E-state index in [1.807, 2.05) is 13.0 Å². The summed E-state index contributed by atoms with van der Waals surface area (Å²) in [6.07, 6.45) is 1.35. The van der Waals surface area contributed by atoms with E-state index in [-0.39, 0.29) is 22.9 Å². The molecule has 0 aliphatic carbocycles. The highest BCUT2D eigenvalue weighted by atomic mass is 35.5. The Morgan fingerprint density at radius 1 is 1.22 bits per heavy atom. The van der Waals surface area contributed by atoms with Gasteiger partial charge in [0.1, 0.15) is 5.82 Å². The second-order valence-electron chi connectivity index (χ2n) is 5.83. The first-order chi connectivity index (χ1) is 12.9. The van der Waals surface area contributed by atoms with Gasteiger partial charge in [-0.05, 0) is 42.3 Å². The van der Waals surface area contributed by atoms with Crippen LogP contribution >= 0.6 is 23.2 Å². The maximum absolute atomic E-state index is 13.4. The quantitative estimate of drug-likeness (QED) is 0.659. The van der Waals surface area contributed by atoms with Gasteiger partial charge in [-0.15, -0.1) is 0 Å². The molecule has 1 aromatic heterocycles. The van der Waals surface area contributed by atoms with Crippen molar-refractivity contribution >= 4 is 34.8 Å². The lowest BCUT2D eigenvalue weighted by Crippen LogP contribution is -2.25. The molecule has 0 unspecified atom stereocenters. The van der Waals surface area contributed by atoms with Crippen LogP contribution in [0.15, 0.2) is 47.4 Å². The molecular weight excluding hydrogens is 392 g/mol. The third-order valence-corrected chi connectivity index (χ3v) is 4.77. The monoisotopic (exact) mass is 407 g/mol. The maximum Gasteiger partial charge on any atom is 0.297 e. The van der Waals surface area contributed by atoms with Gasteiger partial charge in [0.25, 0.3) is 5.56 Å². The molecule has 0 aliphatic heterocycles. The van der Waals surface area contributed by atoms with Crippen molar-refractivity contribution < 1.29 is 9.13 Å². The topological polar surface area (TPSA) is 56.1 Å². The summed E-state index contributed by atoms with van der Waals surface area (Å²) in [4.78, 5) is 17.0. The van der Waals surface area contributed by atoms with Crippen LogP contribution in [0.4, 0.5) is 16.0 Å². The summed E-state index contributed by atoms with van der Waals surface area (Å²) < 4.78 is 19.9. The van der Waals surface area contributed by atoms with Crippen LogP contribution in [0.1, 0.15) is 11.1 Å². The van der Waals surface area contributed by atoms with Crippen molar-refractivity contribution in [1.29, 1.82) is 0 Å². The number of methoxy groups -OCH3 is 1. The van der Waals surface area contributed by atoms with Crippen LogP contribution in [0.5, 0.6) is 5.75 Å². The zero-order chi connectivity index (χ0) is 19.6. The lowest BCUT2D eigenvalue weighted by atomic mass is 10.2. The van der Waals surface area contributed by atoms with Crippen molar-refractivity contribution in [3.63, 3.8) is 0 Å². The van der Waals surface area contributed by atoms with Crippen molar-refractivity contribution in [2.75, 3.05) is 12.4 Å². The van der Waals surface area contributed by atoms with E-state index in [2.05, 4.69) is 10.3 Å². The summed E-state index contributed by atoms with van der Waals surface area (Å²) >= 11 is 12.0. The fourth-order valence-corrected chi connectivity index (χ4v) is 2.92. The number of hydrogen-bond donors (Lipinski definition) is 1. The third-order valence-electron chi connectivity index (χ3n) is 4.07. The number of hydrogen-bond acceptors (Lipinski definition) is 4. The van der Waals surface area contributed by atoms with E-state index in [4.69, 9.17) is 27.9 Å². The second-order valence-corrected chi connectivity index (χ2v) is 6.64. The van der Waals surface area contributed by atoms with Gasteiger partial charge in [-0.3, -0.25) is 9.36 Å². The molecule has 1 N–H and O–H groups in total. The normalized spacial score (nSPS) is 10.7. The van der Waals surface area contributed by atoms with Gasteiger partial charge in [-0.25, -0.2) is 9.37 Å². The molecular formula is C19H16Cl2FN3O2. The summed E-state index contributed by atoms with van der Waals surface area (Å²) in [5.41, 5.74) is 1.80. The van der Waals surface area contributed by atoms with Gasteiger partial charge >= 0.3 is 0 Å². The number of nitrogens with one attached hydrogen (secondary N) is 1. The molecule has 3 aromatic rings. The van der Waals surface area contributed by atoms with Gasteiger partial charge in [0.2, 0.25) is 11.7 Å². The van der Waals surface area contributed by atoms with Crippen molar-refractivity contribution in [3.8, 4) is 5.75 Å². The predicted octanol–water partition coefficient (Wildman–Crippen LogP) is 4.80. The summed E-state index contributed by atoms with van der Waals surface area (Å²) in [5, 5.41) is 3.70. The van der Waals surface area contributed by atoms with E-state index in [9.17, 15) is 9.18 Å². The second kappa shape index (κ2) is 7.98. The van der Waals surface area contributed by atoms with E-state index in [1.54, 1.807) is 18.2 Å². The number of nitrogens with zero attached hydrogens (tertiary/aromatic N) is 2. The van der Waals surface area contributed by atoms with Crippen molar-refractivity contribution in [1.82, 2.24) is 9.55 Å². The van der Waals surface area contributed by atoms with Crippen LogP contribution in [-0.2, 0) is 6.54 Å². The summed E-state index contributed by atoms with van der Waals surface area (Å²) in [7, 11) is 1.39. The highest BCUT2D eigenvalue weighted by Gasteiger charge is 2.14. The van der Waals surface area contributed by atoms with E-state index in [0.717, 1.165) is 5.56 Å². The first-order valence-electron chi connectivity index (χ1n) is 8.00. The third kappa shape index (κ3) is 4.07. The van der Waals surface area contributed by atoms with Gasteiger partial charge < -0.3 is 10.1 Å². The van der Waals surface area contributed by atoms with E-state index < -0.39 is 5.82 Å². The molecule has 0 saturated carbocycles. The minimum Gasteiger partial charge on any atom is -0.490 e. The average molecular weight is 408 g/mol. The van der Waals surface area contributed by atoms with Crippen molar-refractivity contribution in [2.45, 2.75) is 13.5 Å². The van der Waals surface area contributed by atoms with Gasteiger partial charge in [-0.1, -0.05) is 35.3 Å². The van der Waals surface area contributed by atoms with E-state index in [1.165, 1.54) is 30.0 Å². The van der Waals surface area contributed by atoms with Crippen LogP contribution in [-0.4, -0.2) is 16.7 Å². The average Bonchev–Trinajstić information content (AvgIpc) is 2.65. The van der Waals surface area contributed by atoms with Gasteiger partial charge in [-0.2, -0.15) is 0 Å². The molecule has 27 heavy (non-hydrogen) atoms. The summed E-state index contributed by atoms with van der Waals surface area (Å²) in [6.45, 7) is 1.99. The molecule has 5 nitrogen and oxygen atoms in total. The zero-order valence-corrected chi connectivity index (χ0v) is 16.1. The Morgan fingerprint density at radius 2 is 2.00 bits per heavy atom. The fraction of sp³-hybridized carbons (Fsp3) is 0.158. The number of ether oxygens (including phenoxy) is 1. The molecule has 0 bridgehead atoms. The molecule has 8 heteroatoms. The molecule has 0 saturated heterocycles. The van der Waals surface area contributed by atoms with Crippen LogP contribution in [0.3, 0.4) is 0 Å². The molecule has 1 heterocycles. The molecule has 0 atom stereocenters. The molecule has 0 aliphatic rings. The van der Waals surface area contributed by atoms with Crippen LogP contribution in [0.2, 0.25) is 10.0 Å². The number of aromatic nitrogens is 2. The minimum atomic E-state index is -0.524. The highest BCUT2D eigenvalue weighted by molar-refractivity contribution is 6.31. The number of benzene rings is 2. The molecule has 2 aromatic carbocycles. The molecule has 140 valence electrons. The summed E-state index contributed by atoms with van der Waals surface area (Å²) in [6, 6.07) is 9.68. The summed E-state index contributed by atoms with van der Waals surface area (Å²) in [5.74, 6) is -0.132. The van der Waals surface area contributed by atoms with E-state index in [0.29, 0.717) is 22.2 Å². The number of halogens is 3. The molecule has 0 spiro atoms. The first-order valence-corrected chi connectivity index (χ1v) is 8.76. The van der Waals surface area contributed by atoms with Crippen LogP contribution in [0.25, 0.3) is 0 Å². The molecule has 3 rings (SSSR count). The zero-order valence-electron chi connectivity index (χ0n) is 14.6. The minimum absolute atomic E-state index is 0.0170. The number of rotatable bonds is 5. The van der Waals surface area contributed by atoms with E-state index >= 15 is 0 Å². The van der Waals surface area contributed by atoms with Gasteiger partial charge in [0.05, 0.1) is 24.9 Å². The van der Waals surface area contributed by atoms with Crippen molar-refractivity contribution in [2.24, 2.45) is 0 Å². The number of anilines is 2. The Bertz CT molecular complexity index is 1050. The van der Waals surface area contributed by atoms with Crippen LogP contribution in [0, 0.1) is 12.7 Å². The Labute approximate surface area is 165 Å². The highest BCUT2D eigenvalue weighted by Crippen LogP contribution is 2.26. The lowest BCUT2D eigenvalue weighted by molar-refractivity contribution is 0.401. The smallest absolute Gasteiger partial charge is 0.297 e. The lowest BCUT2D eigenvalue weighted by Gasteiger charge is -2.16. The first kappa shape index (κ1) is 19.2.